The van der Waals surface area contributed by atoms with E-state index in [0.29, 0.717) is 12.4 Å². The molecule has 3 aromatic rings. The first-order chi connectivity index (χ1) is 13.0. The van der Waals surface area contributed by atoms with E-state index in [-0.39, 0.29) is 0 Å². The number of rotatable bonds is 6. The van der Waals surface area contributed by atoms with Crippen molar-refractivity contribution in [3.63, 3.8) is 0 Å². The van der Waals surface area contributed by atoms with Crippen molar-refractivity contribution < 1.29 is 5.11 Å². The van der Waals surface area contributed by atoms with E-state index >= 15 is 0 Å². The van der Waals surface area contributed by atoms with Gasteiger partial charge in [0.1, 0.15) is 5.75 Å². The van der Waals surface area contributed by atoms with Gasteiger partial charge in [0.05, 0.1) is 12.2 Å². The molecule has 0 radical (unpaired) electrons. The highest BCUT2D eigenvalue weighted by molar-refractivity contribution is 6.10. The Morgan fingerprint density at radius 2 is 1.85 bits per heavy atom. The second-order valence-electron chi connectivity index (χ2n) is 6.83. The Bertz CT molecular complexity index is 1080. The predicted octanol–water partition coefficient (Wildman–Crippen LogP) is 2.58. The fraction of sp³-hybridized carbons (Fsp3) is 0.364. The van der Waals surface area contributed by atoms with Gasteiger partial charge in [-0.1, -0.05) is 19.9 Å². The molecule has 4 N–H and O–H groups in total. The summed E-state index contributed by atoms with van der Waals surface area (Å²) in [7, 11) is 0. The second-order valence-corrected chi connectivity index (χ2v) is 6.83. The number of aryl methyl sites for hydroxylation is 2. The maximum atomic E-state index is 9.96. The minimum atomic E-state index is 0.290. The van der Waals surface area contributed by atoms with Crippen molar-refractivity contribution >= 4 is 34.1 Å². The van der Waals surface area contributed by atoms with Gasteiger partial charge in [-0.25, -0.2) is 10.4 Å². The number of H-pyrrole nitrogens is 1. The highest BCUT2D eigenvalue weighted by Gasteiger charge is 2.12. The van der Waals surface area contributed by atoms with Crippen LogP contribution in [0.2, 0.25) is 0 Å². The monoisotopic (exact) mass is 366 g/mol. The van der Waals surface area contributed by atoms with Gasteiger partial charge < -0.3 is 15.4 Å². The SMILES string of the molecule is C/C=c1/c(C)c2[nH]c3ccc(O)cc3c2c(C)/c1=C/NCNN(CC)CC. The lowest BCUT2D eigenvalue weighted by Crippen LogP contribution is -2.43. The number of hydrogen-bond donors (Lipinski definition) is 4. The molecule has 0 saturated carbocycles. The number of aromatic amines is 1. The lowest BCUT2D eigenvalue weighted by atomic mass is 9.99. The van der Waals surface area contributed by atoms with E-state index in [2.05, 4.69) is 67.6 Å². The van der Waals surface area contributed by atoms with E-state index in [0.717, 1.165) is 29.5 Å². The number of fused-ring (bicyclic) bond motifs is 3. The molecule has 1 aromatic heterocycles. The summed E-state index contributed by atoms with van der Waals surface area (Å²) in [6.07, 6.45) is 4.26. The highest BCUT2D eigenvalue weighted by Crippen LogP contribution is 2.30. The molecule has 5 heteroatoms. The predicted molar refractivity (Wildman–Crippen MR) is 115 cm³/mol. The molecule has 0 aliphatic heterocycles. The van der Waals surface area contributed by atoms with Crippen LogP contribution in [0.4, 0.5) is 0 Å². The minimum Gasteiger partial charge on any atom is -0.508 e. The van der Waals surface area contributed by atoms with Gasteiger partial charge in [-0.3, -0.25) is 0 Å². The average molecular weight is 367 g/mol. The molecule has 3 rings (SSSR count). The van der Waals surface area contributed by atoms with Crippen LogP contribution < -0.4 is 21.2 Å². The summed E-state index contributed by atoms with van der Waals surface area (Å²) >= 11 is 0. The van der Waals surface area contributed by atoms with Crippen molar-refractivity contribution in [1.29, 1.82) is 0 Å². The number of phenolic OH excluding ortho intramolecular Hbond substituents is 1. The van der Waals surface area contributed by atoms with Crippen LogP contribution in [-0.4, -0.2) is 34.9 Å². The van der Waals surface area contributed by atoms with Crippen LogP contribution in [0.5, 0.6) is 5.75 Å². The van der Waals surface area contributed by atoms with Crippen molar-refractivity contribution in [3.8, 4) is 5.75 Å². The molecular formula is C22H30N4O. The summed E-state index contributed by atoms with van der Waals surface area (Å²) in [5.41, 5.74) is 7.98. The lowest BCUT2D eigenvalue weighted by molar-refractivity contribution is 0.207. The lowest BCUT2D eigenvalue weighted by Gasteiger charge is -2.19. The first-order valence-electron chi connectivity index (χ1n) is 9.63. The molecule has 0 unspecified atom stereocenters. The molecule has 27 heavy (non-hydrogen) atoms. The summed E-state index contributed by atoms with van der Waals surface area (Å²) in [6.45, 7) is 13.3. The fourth-order valence-corrected chi connectivity index (χ4v) is 3.84. The molecule has 0 spiro atoms. The molecule has 0 fully saturated rings. The molecule has 2 aromatic carbocycles. The van der Waals surface area contributed by atoms with Crippen LogP contribution >= 0.6 is 0 Å². The largest absolute Gasteiger partial charge is 0.508 e. The maximum Gasteiger partial charge on any atom is 0.116 e. The van der Waals surface area contributed by atoms with Gasteiger partial charge in [0, 0.05) is 40.8 Å². The summed E-state index contributed by atoms with van der Waals surface area (Å²) in [6, 6.07) is 5.51. The Morgan fingerprint density at radius 3 is 2.52 bits per heavy atom. The van der Waals surface area contributed by atoms with Gasteiger partial charge in [0.2, 0.25) is 0 Å². The third-order valence-electron chi connectivity index (χ3n) is 5.33. The topological polar surface area (TPSA) is 63.3 Å². The van der Waals surface area contributed by atoms with Crippen LogP contribution in [-0.2, 0) is 0 Å². The number of nitrogens with one attached hydrogen (secondary N) is 3. The average Bonchev–Trinajstić information content (AvgIpc) is 3.04. The molecule has 144 valence electrons. The van der Waals surface area contributed by atoms with Gasteiger partial charge >= 0.3 is 0 Å². The van der Waals surface area contributed by atoms with Gasteiger partial charge in [0.25, 0.3) is 0 Å². The number of hydrazine groups is 1. The zero-order valence-corrected chi connectivity index (χ0v) is 16.9. The van der Waals surface area contributed by atoms with E-state index in [1.165, 1.54) is 27.0 Å². The third kappa shape index (κ3) is 3.53. The van der Waals surface area contributed by atoms with Crippen molar-refractivity contribution in [1.82, 2.24) is 20.7 Å². The Hall–Kier alpha value is -2.50. The number of benzene rings is 2. The number of hydrogen-bond acceptors (Lipinski definition) is 4. The van der Waals surface area contributed by atoms with Crippen molar-refractivity contribution in [2.24, 2.45) is 0 Å². The Morgan fingerprint density at radius 1 is 1.11 bits per heavy atom. The zero-order chi connectivity index (χ0) is 19.6. The second kappa shape index (κ2) is 8.03. The third-order valence-corrected chi connectivity index (χ3v) is 5.33. The van der Waals surface area contributed by atoms with Gasteiger partial charge in [-0.15, -0.1) is 0 Å². The van der Waals surface area contributed by atoms with Crippen molar-refractivity contribution in [2.75, 3.05) is 19.8 Å². The van der Waals surface area contributed by atoms with Crippen molar-refractivity contribution in [2.45, 2.75) is 34.6 Å². The molecule has 0 amide bonds. The Balaban J connectivity index is 2.14. The summed E-state index contributed by atoms with van der Waals surface area (Å²) in [5.74, 6) is 0.290. The van der Waals surface area contributed by atoms with Gasteiger partial charge in [-0.05, 0) is 55.3 Å². The molecule has 5 nitrogen and oxygen atoms in total. The molecule has 0 saturated heterocycles. The standard InChI is InChI=1S/C22H30N4O/c1-6-17-15(5)22-21(18-11-16(27)9-10-20(18)25-22)14(4)19(17)12-23-13-24-26(7-2)8-3/h6,9-12,23-25,27H,7-8,13H2,1-5H3/b17-6-,19-12-. The minimum absolute atomic E-state index is 0.290. The maximum absolute atomic E-state index is 9.96. The smallest absolute Gasteiger partial charge is 0.116 e. The Labute approximate surface area is 160 Å². The first kappa shape index (κ1) is 19.3. The van der Waals surface area contributed by atoms with E-state index in [9.17, 15) is 5.11 Å². The zero-order valence-electron chi connectivity index (χ0n) is 16.9. The molecule has 0 bridgehead atoms. The number of phenols is 1. The normalized spacial score (nSPS) is 13.4. The van der Waals surface area contributed by atoms with Crippen LogP contribution in [0.25, 0.3) is 34.1 Å². The summed E-state index contributed by atoms with van der Waals surface area (Å²) < 4.78 is 0. The number of aromatic nitrogens is 1. The van der Waals surface area contributed by atoms with E-state index in [1.54, 1.807) is 6.07 Å². The van der Waals surface area contributed by atoms with E-state index < -0.39 is 0 Å². The quantitative estimate of drug-likeness (QED) is 0.308. The van der Waals surface area contributed by atoms with Gasteiger partial charge in [-0.2, -0.15) is 0 Å². The van der Waals surface area contributed by atoms with E-state index in [1.807, 2.05) is 12.1 Å². The van der Waals surface area contributed by atoms with Crippen LogP contribution in [0, 0.1) is 13.8 Å². The fourth-order valence-electron chi connectivity index (χ4n) is 3.84. The van der Waals surface area contributed by atoms with Gasteiger partial charge in [0.15, 0.2) is 0 Å². The van der Waals surface area contributed by atoms with E-state index in [4.69, 9.17) is 0 Å². The Kier molecular flexibility index (Phi) is 5.73. The van der Waals surface area contributed by atoms with Crippen molar-refractivity contribution in [3.05, 3.63) is 39.8 Å². The first-order valence-corrected chi connectivity index (χ1v) is 9.63. The van der Waals surface area contributed by atoms with Crippen LogP contribution in [0.1, 0.15) is 31.9 Å². The molecule has 0 atom stereocenters. The number of aromatic hydroxyl groups is 1. The molecule has 1 heterocycles. The summed E-state index contributed by atoms with van der Waals surface area (Å²) in [5, 5.41) is 20.2. The molecule has 0 aliphatic rings. The molecule has 0 aliphatic carbocycles. The highest BCUT2D eigenvalue weighted by atomic mass is 16.3. The number of nitrogens with zero attached hydrogens (tertiary/aromatic N) is 1. The van der Waals surface area contributed by atoms with Crippen LogP contribution in [0.15, 0.2) is 18.2 Å². The van der Waals surface area contributed by atoms with Crippen LogP contribution in [0.3, 0.4) is 0 Å². The molecular weight excluding hydrogens is 336 g/mol. The summed E-state index contributed by atoms with van der Waals surface area (Å²) in [4.78, 5) is 3.53.